The molecule has 88 valence electrons. The molecular weight excluding hydrogens is 280 g/mol. The average Bonchev–Trinajstić information content (AvgIpc) is 2.79. The molecular formula is C9H7ClN4OS2. The van der Waals surface area contributed by atoms with Gasteiger partial charge in [-0.05, 0) is 24.5 Å². The molecule has 0 saturated heterocycles. The first-order chi connectivity index (χ1) is 8.19. The molecule has 17 heavy (non-hydrogen) atoms. The molecule has 0 aliphatic carbocycles. The zero-order valence-electron chi connectivity index (χ0n) is 8.66. The Kier molecular flexibility index (Phi) is 3.93. The normalized spacial score (nSPS) is 11.2. The minimum atomic E-state index is 0.0196. The van der Waals surface area contributed by atoms with Gasteiger partial charge in [-0.1, -0.05) is 23.4 Å². The summed E-state index contributed by atoms with van der Waals surface area (Å²) in [5, 5.41) is 18.5. The minimum absolute atomic E-state index is 0.0196. The molecule has 0 aliphatic rings. The number of phenols is 1. The zero-order valence-corrected chi connectivity index (χ0v) is 11.1. The Morgan fingerprint density at radius 1 is 1.41 bits per heavy atom. The van der Waals surface area contributed by atoms with Crippen LogP contribution in [-0.2, 0) is 0 Å². The van der Waals surface area contributed by atoms with E-state index in [2.05, 4.69) is 19.6 Å². The van der Waals surface area contributed by atoms with E-state index in [0.29, 0.717) is 16.0 Å². The van der Waals surface area contributed by atoms with E-state index in [9.17, 15) is 5.11 Å². The summed E-state index contributed by atoms with van der Waals surface area (Å²) in [7, 11) is 0. The van der Waals surface area contributed by atoms with E-state index in [1.165, 1.54) is 35.4 Å². The Labute approximate surface area is 111 Å². The van der Waals surface area contributed by atoms with Crippen LogP contribution in [0, 0.1) is 0 Å². The number of hydrogen-bond donors (Lipinski definition) is 1. The Morgan fingerprint density at radius 2 is 2.24 bits per heavy atom. The van der Waals surface area contributed by atoms with Crippen molar-refractivity contribution in [1.82, 2.24) is 9.36 Å². The zero-order chi connectivity index (χ0) is 12.3. The van der Waals surface area contributed by atoms with E-state index in [4.69, 9.17) is 11.6 Å². The molecule has 0 amide bonds. The first kappa shape index (κ1) is 12.3. The number of halogens is 1. The van der Waals surface area contributed by atoms with Gasteiger partial charge in [0.1, 0.15) is 5.75 Å². The van der Waals surface area contributed by atoms with E-state index >= 15 is 0 Å². The molecule has 1 N–H and O–H groups in total. The first-order valence-corrected chi connectivity index (χ1v) is 6.84. The van der Waals surface area contributed by atoms with Crippen LogP contribution in [0.25, 0.3) is 0 Å². The van der Waals surface area contributed by atoms with Gasteiger partial charge in [-0.3, -0.25) is 0 Å². The van der Waals surface area contributed by atoms with Crippen molar-refractivity contribution in [3.05, 3.63) is 23.2 Å². The fourth-order valence-electron chi connectivity index (χ4n) is 0.985. The molecule has 5 nitrogen and oxygen atoms in total. The fraction of sp³-hybridized carbons (Fsp3) is 0.111. The van der Waals surface area contributed by atoms with Gasteiger partial charge >= 0.3 is 0 Å². The molecule has 1 heterocycles. The molecule has 0 spiro atoms. The third-order valence-electron chi connectivity index (χ3n) is 1.76. The van der Waals surface area contributed by atoms with Gasteiger partial charge in [0.25, 0.3) is 0 Å². The molecule has 1 aromatic heterocycles. The highest BCUT2D eigenvalue weighted by Gasteiger charge is 2.02. The molecule has 0 radical (unpaired) electrons. The average molecular weight is 287 g/mol. The number of aromatic nitrogens is 2. The van der Waals surface area contributed by atoms with E-state index in [0.717, 1.165) is 0 Å². The highest BCUT2D eigenvalue weighted by atomic mass is 35.5. The summed E-state index contributed by atoms with van der Waals surface area (Å²) in [6, 6.07) is 4.60. The van der Waals surface area contributed by atoms with Crippen LogP contribution < -0.4 is 0 Å². The summed E-state index contributed by atoms with van der Waals surface area (Å²) in [4.78, 5) is 4.11. The van der Waals surface area contributed by atoms with Gasteiger partial charge in [0, 0.05) is 11.5 Å². The van der Waals surface area contributed by atoms with E-state index < -0.39 is 0 Å². The molecule has 2 rings (SSSR count). The highest BCUT2D eigenvalue weighted by Crippen LogP contribution is 2.29. The molecule has 0 fully saturated rings. The number of azo groups is 1. The molecule has 1 aromatic carbocycles. The highest BCUT2D eigenvalue weighted by molar-refractivity contribution is 7.98. The van der Waals surface area contributed by atoms with Crippen molar-refractivity contribution in [2.24, 2.45) is 10.2 Å². The number of hydrogen-bond acceptors (Lipinski definition) is 7. The van der Waals surface area contributed by atoms with Crippen LogP contribution in [0.4, 0.5) is 10.8 Å². The SMILES string of the molecule is CSc1nsc(/N=N/c2ccc(O)c(Cl)c2)n1. The summed E-state index contributed by atoms with van der Waals surface area (Å²) < 4.78 is 4.05. The minimum Gasteiger partial charge on any atom is -0.506 e. The van der Waals surface area contributed by atoms with Crippen molar-refractivity contribution >= 4 is 45.7 Å². The molecule has 0 unspecified atom stereocenters. The van der Waals surface area contributed by atoms with Crippen molar-refractivity contribution in [2.45, 2.75) is 5.16 Å². The number of nitrogens with zero attached hydrogens (tertiary/aromatic N) is 4. The van der Waals surface area contributed by atoms with Gasteiger partial charge in [-0.25, -0.2) is 0 Å². The van der Waals surface area contributed by atoms with E-state index in [1.807, 2.05) is 6.26 Å². The third kappa shape index (κ3) is 3.15. The van der Waals surface area contributed by atoms with Gasteiger partial charge in [0.05, 0.1) is 10.7 Å². The Balaban J connectivity index is 2.16. The fourth-order valence-corrected chi connectivity index (χ4v) is 2.21. The standard InChI is InChI=1S/C9H7ClN4OS2/c1-16-9-11-8(17-14-9)13-12-5-2-3-7(15)6(10)4-5/h2-4,15H,1H3/b13-12+. The summed E-state index contributed by atoms with van der Waals surface area (Å²) in [6.45, 7) is 0. The van der Waals surface area contributed by atoms with Crippen molar-refractivity contribution in [3.63, 3.8) is 0 Å². The Morgan fingerprint density at radius 3 is 2.88 bits per heavy atom. The van der Waals surface area contributed by atoms with Crippen LogP contribution in [0.2, 0.25) is 5.02 Å². The second kappa shape index (κ2) is 5.44. The molecule has 0 bridgehead atoms. The smallest absolute Gasteiger partial charge is 0.250 e. The van der Waals surface area contributed by atoms with Crippen LogP contribution >= 0.6 is 34.9 Å². The van der Waals surface area contributed by atoms with Gasteiger partial charge in [-0.2, -0.15) is 9.36 Å². The Hall–Kier alpha value is -1.18. The Bertz CT molecular complexity index is 558. The molecule has 8 heteroatoms. The van der Waals surface area contributed by atoms with Crippen LogP contribution in [0.5, 0.6) is 5.75 Å². The lowest BCUT2D eigenvalue weighted by atomic mass is 10.3. The van der Waals surface area contributed by atoms with Crippen LogP contribution in [0.15, 0.2) is 33.6 Å². The second-order valence-electron chi connectivity index (χ2n) is 2.90. The maximum atomic E-state index is 9.24. The number of rotatable bonds is 3. The number of phenolic OH excluding ortho intramolecular Hbond substituents is 1. The summed E-state index contributed by atoms with van der Waals surface area (Å²) in [5.41, 5.74) is 0.550. The number of benzene rings is 1. The second-order valence-corrected chi connectivity index (χ2v) is 4.81. The first-order valence-electron chi connectivity index (χ1n) is 4.47. The lowest BCUT2D eigenvalue weighted by Gasteiger charge is -1.95. The van der Waals surface area contributed by atoms with Crippen molar-refractivity contribution in [3.8, 4) is 5.75 Å². The van der Waals surface area contributed by atoms with Crippen LogP contribution in [-0.4, -0.2) is 20.7 Å². The molecule has 0 atom stereocenters. The largest absolute Gasteiger partial charge is 0.506 e. The monoisotopic (exact) mass is 286 g/mol. The van der Waals surface area contributed by atoms with Gasteiger partial charge in [-0.15, -0.1) is 10.2 Å². The predicted octanol–water partition coefficient (Wildman–Crippen LogP) is 4.03. The van der Waals surface area contributed by atoms with Crippen LogP contribution in [0.3, 0.4) is 0 Å². The maximum absolute atomic E-state index is 9.24. The lowest BCUT2D eigenvalue weighted by Crippen LogP contribution is -1.69. The number of aromatic hydroxyl groups is 1. The lowest BCUT2D eigenvalue weighted by molar-refractivity contribution is 0.475. The van der Waals surface area contributed by atoms with Crippen molar-refractivity contribution in [2.75, 3.05) is 6.26 Å². The van der Waals surface area contributed by atoms with Crippen molar-refractivity contribution in [1.29, 1.82) is 0 Å². The van der Waals surface area contributed by atoms with Gasteiger partial charge in [0.15, 0.2) is 0 Å². The summed E-state index contributed by atoms with van der Waals surface area (Å²) >= 11 is 8.37. The number of thioether (sulfide) groups is 1. The molecule has 0 saturated carbocycles. The topological polar surface area (TPSA) is 70.7 Å². The summed E-state index contributed by atoms with van der Waals surface area (Å²) in [5.74, 6) is 0.0196. The van der Waals surface area contributed by atoms with Gasteiger partial charge < -0.3 is 5.11 Å². The van der Waals surface area contributed by atoms with E-state index in [1.54, 1.807) is 6.07 Å². The maximum Gasteiger partial charge on any atom is 0.250 e. The quantitative estimate of drug-likeness (QED) is 0.683. The predicted molar refractivity (Wildman–Crippen MR) is 69.0 cm³/mol. The van der Waals surface area contributed by atoms with Crippen LogP contribution in [0.1, 0.15) is 0 Å². The summed E-state index contributed by atoms with van der Waals surface area (Å²) in [6.07, 6.45) is 1.89. The molecule has 0 aliphatic heterocycles. The van der Waals surface area contributed by atoms with E-state index in [-0.39, 0.29) is 10.8 Å². The van der Waals surface area contributed by atoms with Crippen molar-refractivity contribution < 1.29 is 5.11 Å². The molecule has 2 aromatic rings. The van der Waals surface area contributed by atoms with Gasteiger partial charge in [0.2, 0.25) is 10.3 Å². The third-order valence-corrected chi connectivity index (χ3v) is 3.33.